The van der Waals surface area contributed by atoms with Crippen molar-refractivity contribution >= 4 is 29.6 Å². The van der Waals surface area contributed by atoms with Crippen LogP contribution in [0.25, 0.3) is 0 Å². The standard InChI is InChI=1S/C20H22ClN3O4/c1-3-10-28-18-9-6-16(21)11-15(18)13-23-24-20(26)19(25)22-12-14-4-7-17(27-2)8-5-14/h4-9,11,13H,3,10,12H2,1-2H3,(H,22,25)(H,24,26)/b23-13-. The highest BCUT2D eigenvalue weighted by Crippen LogP contribution is 2.21. The van der Waals surface area contributed by atoms with E-state index in [9.17, 15) is 9.59 Å². The number of nitrogens with zero attached hydrogens (tertiary/aromatic N) is 1. The second-order valence-electron chi connectivity index (χ2n) is 5.76. The van der Waals surface area contributed by atoms with Gasteiger partial charge in [-0.15, -0.1) is 0 Å². The van der Waals surface area contributed by atoms with Crippen molar-refractivity contribution in [2.45, 2.75) is 19.9 Å². The van der Waals surface area contributed by atoms with Crippen LogP contribution in [-0.4, -0.2) is 31.7 Å². The van der Waals surface area contributed by atoms with Crippen LogP contribution in [0.4, 0.5) is 0 Å². The smallest absolute Gasteiger partial charge is 0.329 e. The van der Waals surface area contributed by atoms with Crippen molar-refractivity contribution in [3.05, 3.63) is 58.6 Å². The maximum absolute atomic E-state index is 11.9. The quantitative estimate of drug-likeness (QED) is 0.403. The van der Waals surface area contributed by atoms with E-state index in [1.54, 1.807) is 49.6 Å². The van der Waals surface area contributed by atoms with Gasteiger partial charge in [0, 0.05) is 17.1 Å². The number of hydrogen-bond donors (Lipinski definition) is 2. The van der Waals surface area contributed by atoms with Crippen molar-refractivity contribution in [2.24, 2.45) is 5.10 Å². The van der Waals surface area contributed by atoms with Crippen molar-refractivity contribution in [1.82, 2.24) is 10.7 Å². The molecule has 0 aliphatic heterocycles. The Kier molecular flexibility index (Phi) is 8.30. The van der Waals surface area contributed by atoms with E-state index in [1.807, 2.05) is 6.92 Å². The SMILES string of the molecule is CCCOc1ccc(Cl)cc1/C=N\NC(=O)C(=O)NCc1ccc(OC)cc1. The third-order valence-corrected chi connectivity index (χ3v) is 3.86. The molecule has 7 nitrogen and oxygen atoms in total. The number of carbonyl (C=O) groups excluding carboxylic acids is 2. The fraction of sp³-hybridized carbons (Fsp3) is 0.250. The van der Waals surface area contributed by atoms with Crippen molar-refractivity contribution in [2.75, 3.05) is 13.7 Å². The first kappa shape index (κ1) is 21.2. The molecule has 148 valence electrons. The molecule has 2 amide bonds. The first-order chi connectivity index (χ1) is 13.5. The highest BCUT2D eigenvalue weighted by Gasteiger charge is 2.12. The van der Waals surface area contributed by atoms with Gasteiger partial charge >= 0.3 is 11.8 Å². The van der Waals surface area contributed by atoms with Gasteiger partial charge in [-0.25, -0.2) is 5.43 Å². The van der Waals surface area contributed by atoms with E-state index in [2.05, 4.69) is 15.8 Å². The molecule has 0 bridgehead atoms. The summed E-state index contributed by atoms with van der Waals surface area (Å²) in [7, 11) is 1.57. The molecule has 0 aliphatic rings. The Balaban J connectivity index is 1.88. The van der Waals surface area contributed by atoms with Gasteiger partial charge in [-0.2, -0.15) is 5.10 Å². The van der Waals surface area contributed by atoms with E-state index in [4.69, 9.17) is 21.1 Å². The Bertz CT molecular complexity index is 838. The lowest BCUT2D eigenvalue weighted by Crippen LogP contribution is -2.37. The Morgan fingerprint density at radius 3 is 2.57 bits per heavy atom. The fourth-order valence-electron chi connectivity index (χ4n) is 2.18. The van der Waals surface area contributed by atoms with E-state index in [0.29, 0.717) is 28.7 Å². The van der Waals surface area contributed by atoms with Gasteiger partial charge in [0.15, 0.2) is 0 Å². The first-order valence-corrected chi connectivity index (χ1v) is 9.07. The van der Waals surface area contributed by atoms with Crippen LogP contribution in [0.3, 0.4) is 0 Å². The molecule has 0 radical (unpaired) electrons. The molecular formula is C20H22ClN3O4. The van der Waals surface area contributed by atoms with E-state index in [-0.39, 0.29) is 6.54 Å². The topological polar surface area (TPSA) is 89.0 Å². The lowest BCUT2D eigenvalue weighted by molar-refractivity contribution is -0.139. The number of amides is 2. The summed E-state index contributed by atoms with van der Waals surface area (Å²) < 4.78 is 10.7. The van der Waals surface area contributed by atoms with E-state index >= 15 is 0 Å². The molecule has 2 N–H and O–H groups in total. The Morgan fingerprint density at radius 1 is 1.14 bits per heavy atom. The van der Waals surface area contributed by atoms with Gasteiger partial charge in [0.05, 0.1) is 19.9 Å². The highest BCUT2D eigenvalue weighted by molar-refractivity contribution is 6.35. The molecule has 2 rings (SSSR count). The number of ether oxygens (including phenoxy) is 2. The fourth-order valence-corrected chi connectivity index (χ4v) is 2.36. The molecule has 28 heavy (non-hydrogen) atoms. The molecule has 0 aromatic heterocycles. The molecule has 0 unspecified atom stereocenters. The monoisotopic (exact) mass is 403 g/mol. The average molecular weight is 404 g/mol. The molecule has 0 saturated heterocycles. The highest BCUT2D eigenvalue weighted by atomic mass is 35.5. The van der Waals surface area contributed by atoms with Crippen molar-refractivity contribution in [3.8, 4) is 11.5 Å². The number of methoxy groups -OCH3 is 1. The normalized spacial score (nSPS) is 10.5. The molecule has 0 heterocycles. The number of nitrogens with one attached hydrogen (secondary N) is 2. The summed E-state index contributed by atoms with van der Waals surface area (Å²) in [6, 6.07) is 12.2. The number of benzene rings is 2. The number of rotatable bonds is 8. The van der Waals surface area contributed by atoms with Gasteiger partial charge in [-0.05, 0) is 42.3 Å². The van der Waals surface area contributed by atoms with E-state index in [0.717, 1.165) is 12.0 Å². The number of hydrazone groups is 1. The summed E-state index contributed by atoms with van der Waals surface area (Å²) in [5, 5.41) is 6.84. The zero-order valence-electron chi connectivity index (χ0n) is 15.7. The maximum atomic E-state index is 11.9. The largest absolute Gasteiger partial charge is 0.497 e. The van der Waals surface area contributed by atoms with E-state index in [1.165, 1.54) is 6.21 Å². The van der Waals surface area contributed by atoms with Gasteiger partial charge in [0.1, 0.15) is 11.5 Å². The molecule has 2 aromatic rings. The second kappa shape index (κ2) is 10.9. The molecule has 0 saturated carbocycles. The Labute approximate surface area is 168 Å². The molecule has 0 aliphatic carbocycles. The zero-order chi connectivity index (χ0) is 20.4. The van der Waals surface area contributed by atoms with Gasteiger partial charge in [-0.1, -0.05) is 30.7 Å². The molecule has 0 spiro atoms. The molecule has 8 heteroatoms. The minimum absolute atomic E-state index is 0.212. The Hall–Kier alpha value is -3.06. The van der Waals surface area contributed by atoms with Crippen LogP contribution in [0.1, 0.15) is 24.5 Å². The van der Waals surface area contributed by atoms with Gasteiger partial charge in [-0.3, -0.25) is 9.59 Å². The first-order valence-electron chi connectivity index (χ1n) is 8.70. The number of carbonyl (C=O) groups is 2. The molecule has 0 atom stereocenters. The summed E-state index contributed by atoms with van der Waals surface area (Å²) >= 11 is 5.98. The summed E-state index contributed by atoms with van der Waals surface area (Å²) in [6.45, 7) is 2.75. The molecule has 0 fully saturated rings. The summed E-state index contributed by atoms with van der Waals surface area (Å²) in [5.41, 5.74) is 3.62. The van der Waals surface area contributed by atoms with E-state index < -0.39 is 11.8 Å². The summed E-state index contributed by atoms with van der Waals surface area (Å²) in [5.74, 6) is -0.358. The summed E-state index contributed by atoms with van der Waals surface area (Å²) in [4.78, 5) is 23.7. The van der Waals surface area contributed by atoms with Crippen LogP contribution in [-0.2, 0) is 16.1 Å². The summed E-state index contributed by atoms with van der Waals surface area (Å²) in [6.07, 6.45) is 2.23. The lowest BCUT2D eigenvalue weighted by Gasteiger charge is -2.08. The second-order valence-corrected chi connectivity index (χ2v) is 6.20. The van der Waals surface area contributed by atoms with Crippen molar-refractivity contribution in [1.29, 1.82) is 0 Å². The average Bonchev–Trinajstić information content (AvgIpc) is 2.71. The van der Waals surface area contributed by atoms with Crippen LogP contribution in [0, 0.1) is 0 Å². The minimum Gasteiger partial charge on any atom is -0.497 e. The van der Waals surface area contributed by atoms with Crippen LogP contribution >= 0.6 is 11.6 Å². The zero-order valence-corrected chi connectivity index (χ0v) is 16.5. The minimum atomic E-state index is -0.872. The van der Waals surface area contributed by atoms with Crippen LogP contribution in [0.5, 0.6) is 11.5 Å². The number of hydrogen-bond acceptors (Lipinski definition) is 5. The molecular weight excluding hydrogens is 382 g/mol. The Morgan fingerprint density at radius 2 is 1.89 bits per heavy atom. The van der Waals surface area contributed by atoms with Crippen molar-refractivity contribution in [3.63, 3.8) is 0 Å². The predicted octanol–water partition coefficient (Wildman–Crippen LogP) is 2.90. The van der Waals surface area contributed by atoms with Crippen LogP contribution in [0.15, 0.2) is 47.6 Å². The van der Waals surface area contributed by atoms with Crippen molar-refractivity contribution < 1.29 is 19.1 Å². The van der Waals surface area contributed by atoms with Gasteiger partial charge in [0.2, 0.25) is 0 Å². The van der Waals surface area contributed by atoms with Gasteiger partial charge < -0.3 is 14.8 Å². The van der Waals surface area contributed by atoms with Gasteiger partial charge in [0.25, 0.3) is 0 Å². The van der Waals surface area contributed by atoms with Crippen LogP contribution in [0.2, 0.25) is 5.02 Å². The molecule has 2 aromatic carbocycles. The lowest BCUT2D eigenvalue weighted by atomic mass is 10.2. The third-order valence-electron chi connectivity index (χ3n) is 3.62. The van der Waals surface area contributed by atoms with Crippen LogP contribution < -0.4 is 20.2 Å². The third kappa shape index (κ3) is 6.59. The maximum Gasteiger partial charge on any atom is 0.329 e. The predicted molar refractivity (Wildman–Crippen MR) is 108 cm³/mol. The number of halogens is 1.